The summed E-state index contributed by atoms with van der Waals surface area (Å²) in [4.78, 5) is 27.8. The minimum absolute atomic E-state index is 0.0268. The molecule has 21 heavy (non-hydrogen) atoms. The Morgan fingerprint density at radius 1 is 1.10 bits per heavy atom. The molecule has 1 amide bonds. The highest BCUT2D eigenvalue weighted by molar-refractivity contribution is 5.95. The van der Waals surface area contributed by atoms with Crippen molar-refractivity contribution >= 4 is 17.6 Å². The summed E-state index contributed by atoms with van der Waals surface area (Å²) in [5.74, 6) is -0.110. The van der Waals surface area contributed by atoms with Crippen molar-refractivity contribution in [1.29, 1.82) is 0 Å². The Hall–Kier alpha value is -2.04. The first-order valence-electron chi connectivity index (χ1n) is 7.25. The van der Waals surface area contributed by atoms with Gasteiger partial charge in [0.15, 0.2) is 0 Å². The number of benzene rings is 1. The van der Waals surface area contributed by atoms with Crippen LogP contribution in [0.25, 0.3) is 0 Å². The standard InChI is InChI=1S/C16H22N2O3/c1-12(2)15(19)18-10-8-17(9-11-18)14-7-5-4-6-13(14)16(20)21-3/h4-7,12H,8-11H2,1-3H3. The van der Waals surface area contributed by atoms with Crippen LogP contribution in [0.4, 0.5) is 5.69 Å². The van der Waals surface area contributed by atoms with Gasteiger partial charge in [0, 0.05) is 32.1 Å². The predicted octanol–water partition coefficient (Wildman–Crippen LogP) is 1.78. The minimum Gasteiger partial charge on any atom is -0.465 e. The quantitative estimate of drug-likeness (QED) is 0.796. The molecule has 1 aromatic carbocycles. The van der Waals surface area contributed by atoms with E-state index in [4.69, 9.17) is 4.74 Å². The zero-order chi connectivity index (χ0) is 15.4. The molecule has 1 heterocycles. The van der Waals surface area contributed by atoms with Gasteiger partial charge in [-0.15, -0.1) is 0 Å². The lowest BCUT2D eigenvalue weighted by atomic mass is 10.1. The zero-order valence-electron chi connectivity index (χ0n) is 12.8. The van der Waals surface area contributed by atoms with Gasteiger partial charge in [-0.05, 0) is 12.1 Å². The van der Waals surface area contributed by atoms with Gasteiger partial charge in [-0.3, -0.25) is 4.79 Å². The summed E-state index contributed by atoms with van der Waals surface area (Å²) in [6, 6.07) is 7.43. The number of carbonyl (C=O) groups is 2. The molecule has 1 fully saturated rings. The molecule has 0 bridgehead atoms. The Balaban J connectivity index is 2.09. The fourth-order valence-corrected chi connectivity index (χ4v) is 2.56. The van der Waals surface area contributed by atoms with Crippen molar-refractivity contribution < 1.29 is 14.3 Å². The molecule has 0 aliphatic carbocycles. The van der Waals surface area contributed by atoms with Crippen LogP contribution in [0.1, 0.15) is 24.2 Å². The number of nitrogens with zero attached hydrogens (tertiary/aromatic N) is 2. The number of methoxy groups -OCH3 is 1. The van der Waals surface area contributed by atoms with Crippen LogP contribution in [0.2, 0.25) is 0 Å². The maximum absolute atomic E-state index is 12.0. The highest BCUT2D eigenvalue weighted by Crippen LogP contribution is 2.23. The molecule has 1 saturated heterocycles. The second kappa shape index (κ2) is 6.61. The van der Waals surface area contributed by atoms with Gasteiger partial charge in [0.2, 0.25) is 5.91 Å². The zero-order valence-corrected chi connectivity index (χ0v) is 12.8. The molecule has 0 saturated carbocycles. The van der Waals surface area contributed by atoms with E-state index in [9.17, 15) is 9.59 Å². The summed E-state index contributed by atoms with van der Waals surface area (Å²) >= 11 is 0. The van der Waals surface area contributed by atoms with Crippen LogP contribution < -0.4 is 4.90 Å². The fourth-order valence-electron chi connectivity index (χ4n) is 2.56. The highest BCUT2D eigenvalue weighted by Gasteiger charge is 2.25. The number of anilines is 1. The fraction of sp³-hybridized carbons (Fsp3) is 0.500. The summed E-state index contributed by atoms with van der Waals surface area (Å²) in [6.45, 7) is 6.67. The third kappa shape index (κ3) is 3.35. The smallest absolute Gasteiger partial charge is 0.339 e. The third-order valence-corrected chi connectivity index (χ3v) is 3.74. The number of rotatable bonds is 3. The molecular formula is C16H22N2O3. The van der Waals surface area contributed by atoms with Gasteiger partial charge < -0.3 is 14.5 Å². The van der Waals surface area contributed by atoms with E-state index in [1.807, 2.05) is 36.9 Å². The molecule has 114 valence electrons. The lowest BCUT2D eigenvalue weighted by Crippen LogP contribution is -2.50. The lowest BCUT2D eigenvalue weighted by molar-refractivity contribution is -0.134. The molecule has 0 atom stereocenters. The van der Waals surface area contributed by atoms with Crippen molar-refractivity contribution in [1.82, 2.24) is 4.90 Å². The van der Waals surface area contributed by atoms with Crippen LogP contribution in [-0.4, -0.2) is 50.1 Å². The average molecular weight is 290 g/mol. The molecule has 1 aromatic rings. The van der Waals surface area contributed by atoms with Crippen molar-refractivity contribution in [3.63, 3.8) is 0 Å². The number of amides is 1. The number of para-hydroxylation sites is 1. The monoisotopic (exact) mass is 290 g/mol. The van der Waals surface area contributed by atoms with Crippen molar-refractivity contribution in [3.05, 3.63) is 29.8 Å². The summed E-state index contributed by atoms with van der Waals surface area (Å²) in [5.41, 5.74) is 1.45. The van der Waals surface area contributed by atoms with E-state index in [0.717, 1.165) is 18.8 Å². The maximum atomic E-state index is 12.0. The van der Waals surface area contributed by atoms with E-state index < -0.39 is 0 Å². The first-order chi connectivity index (χ1) is 10.0. The molecule has 0 unspecified atom stereocenters. The second-order valence-electron chi connectivity index (χ2n) is 5.48. The van der Waals surface area contributed by atoms with E-state index in [1.54, 1.807) is 6.07 Å². The molecule has 0 aromatic heterocycles. The molecule has 5 nitrogen and oxygen atoms in total. The molecule has 0 N–H and O–H groups in total. The molecule has 5 heteroatoms. The number of hydrogen-bond donors (Lipinski definition) is 0. The van der Waals surface area contributed by atoms with Crippen molar-refractivity contribution in [2.75, 3.05) is 38.2 Å². The number of ether oxygens (including phenoxy) is 1. The average Bonchev–Trinajstić information content (AvgIpc) is 2.53. The molecule has 2 rings (SSSR count). The van der Waals surface area contributed by atoms with E-state index >= 15 is 0 Å². The van der Waals surface area contributed by atoms with Crippen LogP contribution in [0.15, 0.2) is 24.3 Å². The summed E-state index contributed by atoms with van der Waals surface area (Å²) in [6.07, 6.45) is 0. The Kier molecular flexibility index (Phi) is 4.83. The van der Waals surface area contributed by atoms with Gasteiger partial charge in [0.1, 0.15) is 0 Å². The highest BCUT2D eigenvalue weighted by atomic mass is 16.5. The first-order valence-corrected chi connectivity index (χ1v) is 7.25. The van der Waals surface area contributed by atoms with Crippen LogP contribution in [0, 0.1) is 5.92 Å². The first kappa shape index (κ1) is 15.4. The van der Waals surface area contributed by atoms with Gasteiger partial charge in [-0.25, -0.2) is 4.79 Å². The normalized spacial score (nSPS) is 15.2. The Bertz CT molecular complexity index is 520. The molecule has 1 aliphatic heterocycles. The predicted molar refractivity (Wildman–Crippen MR) is 81.4 cm³/mol. The van der Waals surface area contributed by atoms with Gasteiger partial charge in [-0.2, -0.15) is 0 Å². The lowest BCUT2D eigenvalue weighted by Gasteiger charge is -2.37. The van der Waals surface area contributed by atoms with Gasteiger partial charge in [0.05, 0.1) is 18.4 Å². The number of esters is 1. The Labute approximate surface area is 125 Å². The molecule has 1 aliphatic rings. The summed E-state index contributed by atoms with van der Waals surface area (Å²) in [7, 11) is 1.39. The van der Waals surface area contributed by atoms with Crippen LogP contribution in [0.5, 0.6) is 0 Å². The van der Waals surface area contributed by atoms with Crippen LogP contribution in [-0.2, 0) is 9.53 Å². The molecule has 0 radical (unpaired) electrons. The van der Waals surface area contributed by atoms with Gasteiger partial charge in [-0.1, -0.05) is 26.0 Å². The third-order valence-electron chi connectivity index (χ3n) is 3.74. The van der Waals surface area contributed by atoms with Gasteiger partial charge >= 0.3 is 5.97 Å². The number of carbonyl (C=O) groups excluding carboxylic acids is 2. The molecular weight excluding hydrogens is 268 g/mol. The van der Waals surface area contributed by atoms with E-state index in [1.165, 1.54) is 7.11 Å². The van der Waals surface area contributed by atoms with E-state index in [-0.39, 0.29) is 17.8 Å². The topological polar surface area (TPSA) is 49.9 Å². The van der Waals surface area contributed by atoms with Crippen molar-refractivity contribution in [3.8, 4) is 0 Å². The second-order valence-corrected chi connectivity index (χ2v) is 5.48. The Morgan fingerprint density at radius 2 is 1.71 bits per heavy atom. The number of piperazine rings is 1. The van der Waals surface area contributed by atoms with Crippen molar-refractivity contribution in [2.24, 2.45) is 5.92 Å². The summed E-state index contributed by atoms with van der Waals surface area (Å²) in [5, 5.41) is 0. The SMILES string of the molecule is COC(=O)c1ccccc1N1CCN(C(=O)C(C)C)CC1. The molecule has 0 spiro atoms. The van der Waals surface area contributed by atoms with Gasteiger partial charge in [0.25, 0.3) is 0 Å². The van der Waals surface area contributed by atoms with E-state index in [2.05, 4.69) is 4.90 Å². The van der Waals surface area contributed by atoms with Crippen LogP contribution in [0.3, 0.4) is 0 Å². The van der Waals surface area contributed by atoms with Crippen molar-refractivity contribution in [2.45, 2.75) is 13.8 Å². The minimum atomic E-state index is -0.328. The number of hydrogen-bond acceptors (Lipinski definition) is 4. The largest absolute Gasteiger partial charge is 0.465 e. The Morgan fingerprint density at radius 3 is 2.29 bits per heavy atom. The van der Waals surface area contributed by atoms with Crippen LogP contribution >= 0.6 is 0 Å². The van der Waals surface area contributed by atoms with E-state index in [0.29, 0.717) is 18.7 Å². The summed E-state index contributed by atoms with van der Waals surface area (Å²) < 4.78 is 4.83. The maximum Gasteiger partial charge on any atom is 0.339 e.